The van der Waals surface area contributed by atoms with Gasteiger partial charge in [0.15, 0.2) is 0 Å². The van der Waals surface area contributed by atoms with Crippen molar-refractivity contribution < 1.29 is 14.2 Å². The molecule has 1 aromatic carbocycles. The molecule has 18 heavy (non-hydrogen) atoms. The van der Waals surface area contributed by atoms with Gasteiger partial charge in [0.2, 0.25) is 0 Å². The first-order valence-electron chi connectivity index (χ1n) is 6.21. The zero-order valence-electron chi connectivity index (χ0n) is 11.5. The quantitative estimate of drug-likeness (QED) is 0.821. The summed E-state index contributed by atoms with van der Waals surface area (Å²) in [5, 5.41) is 13.0. The fourth-order valence-corrected chi connectivity index (χ4v) is 1.83. The highest BCUT2D eigenvalue weighted by Crippen LogP contribution is 2.25. The average Bonchev–Trinajstić information content (AvgIpc) is 2.26. The minimum absolute atomic E-state index is 0.0239. The minimum atomic E-state index is -0.432. The normalized spacial score (nSPS) is 13.6. The largest absolute Gasteiger partial charge is 0.508 e. The maximum Gasteiger partial charge on any atom is 0.126 e. The van der Waals surface area contributed by atoms with Crippen LogP contribution in [0, 0.1) is 5.82 Å². The molecule has 0 aliphatic carbocycles. The van der Waals surface area contributed by atoms with E-state index in [4.69, 9.17) is 4.74 Å². The van der Waals surface area contributed by atoms with Gasteiger partial charge in [0, 0.05) is 30.8 Å². The van der Waals surface area contributed by atoms with Crippen LogP contribution in [0.4, 0.5) is 4.39 Å². The fourth-order valence-electron chi connectivity index (χ4n) is 1.83. The van der Waals surface area contributed by atoms with E-state index in [0.717, 1.165) is 6.07 Å². The summed E-state index contributed by atoms with van der Waals surface area (Å²) in [5.74, 6) is -0.456. The van der Waals surface area contributed by atoms with E-state index in [9.17, 15) is 9.50 Å². The van der Waals surface area contributed by atoms with Crippen molar-refractivity contribution >= 4 is 0 Å². The predicted octanol–water partition coefficient (Wildman–Crippen LogP) is 3.00. The van der Waals surface area contributed by atoms with Gasteiger partial charge in [-0.25, -0.2) is 4.39 Å². The monoisotopic (exact) mass is 255 g/mol. The Morgan fingerprint density at radius 2 is 2.11 bits per heavy atom. The molecule has 0 heterocycles. The summed E-state index contributed by atoms with van der Waals surface area (Å²) in [6, 6.07) is 4.00. The lowest BCUT2D eigenvalue weighted by molar-refractivity contribution is -0.0103. The van der Waals surface area contributed by atoms with Crippen molar-refractivity contribution in [1.29, 1.82) is 0 Å². The average molecular weight is 255 g/mol. The van der Waals surface area contributed by atoms with Crippen LogP contribution in [0.25, 0.3) is 0 Å². The fraction of sp³-hybridized carbons (Fsp3) is 0.571. The molecular weight excluding hydrogens is 233 g/mol. The maximum absolute atomic E-state index is 12.9. The number of phenols is 1. The molecule has 0 saturated carbocycles. The van der Waals surface area contributed by atoms with Gasteiger partial charge in [0.25, 0.3) is 0 Å². The molecule has 1 atom stereocenters. The summed E-state index contributed by atoms with van der Waals surface area (Å²) in [6.45, 7) is 9.19. The zero-order valence-corrected chi connectivity index (χ0v) is 11.5. The maximum atomic E-state index is 12.9. The summed E-state index contributed by atoms with van der Waals surface area (Å²) in [4.78, 5) is 0. The van der Waals surface area contributed by atoms with Crippen molar-refractivity contribution in [2.75, 3.05) is 13.2 Å². The van der Waals surface area contributed by atoms with Crippen LogP contribution >= 0.6 is 0 Å². The van der Waals surface area contributed by atoms with Crippen LogP contribution in [0.2, 0.25) is 0 Å². The number of benzene rings is 1. The third-order valence-electron chi connectivity index (χ3n) is 2.83. The predicted molar refractivity (Wildman–Crippen MR) is 70.2 cm³/mol. The lowest BCUT2D eigenvalue weighted by Gasteiger charge is -2.27. The van der Waals surface area contributed by atoms with Crippen LogP contribution < -0.4 is 5.32 Å². The lowest BCUT2D eigenvalue weighted by atomic mass is 10.0. The van der Waals surface area contributed by atoms with Gasteiger partial charge in [-0.3, -0.25) is 0 Å². The summed E-state index contributed by atoms with van der Waals surface area (Å²) < 4.78 is 18.5. The van der Waals surface area contributed by atoms with E-state index in [1.807, 2.05) is 27.7 Å². The molecule has 0 aliphatic heterocycles. The molecule has 0 saturated heterocycles. The van der Waals surface area contributed by atoms with Gasteiger partial charge in [0.1, 0.15) is 11.6 Å². The van der Waals surface area contributed by atoms with E-state index in [-0.39, 0.29) is 17.4 Å². The Morgan fingerprint density at radius 1 is 1.44 bits per heavy atom. The Hall–Kier alpha value is -1.13. The molecule has 4 heteroatoms. The summed E-state index contributed by atoms with van der Waals surface area (Å²) in [6.07, 6.45) is 0. The Morgan fingerprint density at radius 3 is 2.67 bits per heavy atom. The van der Waals surface area contributed by atoms with E-state index < -0.39 is 5.82 Å². The number of rotatable bonds is 6. The standard InChI is InChI=1S/C14H22FNO2/c1-5-18-14(3,4)9-16-10(2)12-7-6-11(15)8-13(12)17/h6-8,10,16-17H,5,9H2,1-4H3. The molecule has 1 rings (SSSR count). The Bertz CT molecular complexity index is 393. The van der Waals surface area contributed by atoms with Gasteiger partial charge in [-0.1, -0.05) is 6.07 Å². The number of hydrogen-bond acceptors (Lipinski definition) is 3. The van der Waals surface area contributed by atoms with Crippen molar-refractivity contribution in [3.05, 3.63) is 29.6 Å². The number of phenolic OH excluding ortho intramolecular Hbond substituents is 1. The first-order chi connectivity index (χ1) is 8.35. The molecule has 0 amide bonds. The van der Waals surface area contributed by atoms with Crippen LogP contribution in [0.3, 0.4) is 0 Å². The van der Waals surface area contributed by atoms with E-state index in [0.29, 0.717) is 18.7 Å². The Balaban J connectivity index is 2.63. The lowest BCUT2D eigenvalue weighted by Crippen LogP contribution is -2.38. The number of halogens is 1. The number of aromatic hydroxyl groups is 1. The molecule has 1 aromatic rings. The topological polar surface area (TPSA) is 41.5 Å². The van der Waals surface area contributed by atoms with Crippen molar-refractivity contribution in [2.24, 2.45) is 0 Å². The second-order valence-electron chi connectivity index (χ2n) is 5.00. The Kier molecular flexibility index (Phi) is 5.11. The molecule has 0 spiro atoms. The molecule has 3 nitrogen and oxygen atoms in total. The van der Waals surface area contributed by atoms with Crippen LogP contribution in [-0.2, 0) is 4.74 Å². The molecule has 0 aromatic heterocycles. The molecular formula is C14H22FNO2. The van der Waals surface area contributed by atoms with Crippen LogP contribution in [0.1, 0.15) is 39.3 Å². The van der Waals surface area contributed by atoms with Gasteiger partial charge in [0.05, 0.1) is 5.60 Å². The highest BCUT2D eigenvalue weighted by atomic mass is 19.1. The third-order valence-corrected chi connectivity index (χ3v) is 2.83. The molecule has 0 aliphatic rings. The van der Waals surface area contributed by atoms with Crippen molar-refractivity contribution in [2.45, 2.75) is 39.3 Å². The van der Waals surface area contributed by atoms with E-state index >= 15 is 0 Å². The minimum Gasteiger partial charge on any atom is -0.508 e. The molecule has 0 radical (unpaired) electrons. The zero-order chi connectivity index (χ0) is 13.8. The second kappa shape index (κ2) is 6.16. The number of hydrogen-bond donors (Lipinski definition) is 2. The number of nitrogens with one attached hydrogen (secondary N) is 1. The van der Waals surface area contributed by atoms with E-state index in [2.05, 4.69) is 5.32 Å². The van der Waals surface area contributed by atoms with Gasteiger partial charge in [-0.15, -0.1) is 0 Å². The Labute approximate surface area is 108 Å². The molecule has 0 bridgehead atoms. The second-order valence-corrected chi connectivity index (χ2v) is 5.00. The first-order valence-corrected chi connectivity index (χ1v) is 6.21. The van der Waals surface area contributed by atoms with Crippen molar-refractivity contribution in [3.63, 3.8) is 0 Å². The molecule has 102 valence electrons. The van der Waals surface area contributed by atoms with Crippen molar-refractivity contribution in [1.82, 2.24) is 5.32 Å². The summed E-state index contributed by atoms with van der Waals surface area (Å²) >= 11 is 0. The van der Waals surface area contributed by atoms with Gasteiger partial charge >= 0.3 is 0 Å². The highest BCUT2D eigenvalue weighted by molar-refractivity contribution is 5.34. The van der Waals surface area contributed by atoms with Gasteiger partial charge in [-0.05, 0) is 33.8 Å². The van der Waals surface area contributed by atoms with Gasteiger partial charge in [-0.2, -0.15) is 0 Å². The summed E-state index contributed by atoms with van der Waals surface area (Å²) in [5.41, 5.74) is 0.419. The van der Waals surface area contributed by atoms with Crippen molar-refractivity contribution in [3.8, 4) is 5.75 Å². The number of ether oxygens (including phenoxy) is 1. The summed E-state index contributed by atoms with van der Waals surface area (Å²) in [7, 11) is 0. The SMILES string of the molecule is CCOC(C)(C)CNC(C)c1ccc(F)cc1O. The molecule has 0 fully saturated rings. The van der Waals surface area contributed by atoms with E-state index in [1.54, 1.807) is 6.07 Å². The highest BCUT2D eigenvalue weighted by Gasteiger charge is 2.19. The van der Waals surface area contributed by atoms with Crippen LogP contribution in [0.5, 0.6) is 5.75 Å². The molecule has 2 N–H and O–H groups in total. The smallest absolute Gasteiger partial charge is 0.126 e. The molecule has 1 unspecified atom stereocenters. The van der Waals surface area contributed by atoms with Gasteiger partial charge < -0.3 is 15.2 Å². The first kappa shape index (κ1) is 14.9. The third kappa shape index (κ3) is 4.27. The van der Waals surface area contributed by atoms with Crippen LogP contribution in [0.15, 0.2) is 18.2 Å². The van der Waals surface area contributed by atoms with E-state index in [1.165, 1.54) is 6.07 Å². The van der Waals surface area contributed by atoms with Crippen LogP contribution in [-0.4, -0.2) is 23.9 Å².